The molecule has 1 unspecified atom stereocenters. The van der Waals surface area contributed by atoms with Crippen LogP contribution in [0.15, 0.2) is 11.0 Å². The third-order valence-corrected chi connectivity index (χ3v) is 5.34. The molecule has 0 saturated carbocycles. The lowest BCUT2D eigenvalue weighted by Gasteiger charge is -2.23. The lowest BCUT2D eigenvalue weighted by molar-refractivity contribution is -0.0119. The van der Waals surface area contributed by atoms with Crippen molar-refractivity contribution >= 4 is 10.0 Å². The van der Waals surface area contributed by atoms with Crippen LogP contribution in [-0.2, 0) is 14.8 Å². The summed E-state index contributed by atoms with van der Waals surface area (Å²) in [5.74, 6) is 0. The molecular weight excluding hydrogens is 290 g/mol. The van der Waals surface area contributed by atoms with E-state index in [0.29, 0.717) is 4.90 Å². The molecule has 120 valence electrons. The van der Waals surface area contributed by atoms with Gasteiger partial charge in [0.1, 0.15) is 0 Å². The number of aryl methyl sites for hydroxylation is 2. The average molecular weight is 315 g/mol. The SMILES string of the molecule is COCC(C)(O)CNS(=O)(=O)c1c(C)c(C)cc(C)c1C. The first-order chi connectivity index (χ1) is 9.52. The van der Waals surface area contributed by atoms with Crippen molar-refractivity contribution in [3.63, 3.8) is 0 Å². The zero-order valence-electron chi connectivity index (χ0n) is 13.6. The minimum Gasteiger partial charge on any atom is -0.386 e. The molecule has 1 aromatic carbocycles. The second-order valence-corrected chi connectivity index (χ2v) is 7.55. The number of hydrogen-bond acceptors (Lipinski definition) is 4. The quantitative estimate of drug-likeness (QED) is 0.836. The van der Waals surface area contributed by atoms with Crippen LogP contribution >= 0.6 is 0 Å². The summed E-state index contributed by atoms with van der Waals surface area (Å²) in [5, 5.41) is 10.0. The van der Waals surface area contributed by atoms with E-state index in [-0.39, 0.29) is 13.2 Å². The monoisotopic (exact) mass is 315 g/mol. The molecule has 0 saturated heterocycles. The number of aliphatic hydroxyl groups is 1. The van der Waals surface area contributed by atoms with Gasteiger partial charge >= 0.3 is 0 Å². The summed E-state index contributed by atoms with van der Waals surface area (Å²) in [6.45, 7) is 8.85. The molecule has 0 aliphatic heterocycles. The fourth-order valence-electron chi connectivity index (χ4n) is 2.27. The van der Waals surface area contributed by atoms with Crippen molar-refractivity contribution < 1.29 is 18.3 Å². The smallest absolute Gasteiger partial charge is 0.241 e. The van der Waals surface area contributed by atoms with Gasteiger partial charge in [-0.3, -0.25) is 0 Å². The lowest BCUT2D eigenvalue weighted by atomic mass is 10.0. The average Bonchev–Trinajstić information content (AvgIpc) is 2.34. The molecule has 0 spiro atoms. The van der Waals surface area contributed by atoms with Crippen LogP contribution in [0.1, 0.15) is 29.2 Å². The Hall–Kier alpha value is -0.950. The van der Waals surface area contributed by atoms with Crippen molar-refractivity contribution in [1.29, 1.82) is 0 Å². The Morgan fingerprint density at radius 1 is 1.19 bits per heavy atom. The molecule has 0 fully saturated rings. The van der Waals surface area contributed by atoms with Gasteiger partial charge < -0.3 is 9.84 Å². The summed E-state index contributed by atoms with van der Waals surface area (Å²) in [6.07, 6.45) is 0. The lowest BCUT2D eigenvalue weighted by Crippen LogP contribution is -2.44. The van der Waals surface area contributed by atoms with Crippen molar-refractivity contribution in [2.75, 3.05) is 20.3 Å². The Balaban J connectivity index is 3.16. The van der Waals surface area contributed by atoms with Crippen LogP contribution < -0.4 is 4.72 Å². The summed E-state index contributed by atoms with van der Waals surface area (Å²) in [4.78, 5) is 0.299. The molecule has 0 radical (unpaired) electrons. The van der Waals surface area contributed by atoms with Gasteiger partial charge in [0.05, 0.1) is 17.1 Å². The first-order valence-electron chi connectivity index (χ1n) is 6.80. The number of benzene rings is 1. The van der Waals surface area contributed by atoms with Crippen molar-refractivity contribution in [2.45, 2.75) is 45.1 Å². The third kappa shape index (κ3) is 4.26. The summed E-state index contributed by atoms with van der Waals surface area (Å²) >= 11 is 0. The van der Waals surface area contributed by atoms with E-state index in [9.17, 15) is 13.5 Å². The molecule has 1 atom stereocenters. The van der Waals surface area contributed by atoms with Crippen molar-refractivity contribution in [3.8, 4) is 0 Å². The van der Waals surface area contributed by atoms with Gasteiger partial charge in [-0.15, -0.1) is 0 Å². The van der Waals surface area contributed by atoms with Crippen molar-refractivity contribution in [2.24, 2.45) is 0 Å². The maximum Gasteiger partial charge on any atom is 0.241 e. The van der Waals surface area contributed by atoms with Gasteiger partial charge in [-0.25, -0.2) is 13.1 Å². The van der Waals surface area contributed by atoms with E-state index in [1.54, 1.807) is 13.8 Å². The van der Waals surface area contributed by atoms with Crippen LogP contribution in [0.5, 0.6) is 0 Å². The molecule has 0 aliphatic rings. The van der Waals surface area contributed by atoms with Crippen LogP contribution in [0.2, 0.25) is 0 Å². The number of nitrogens with one attached hydrogen (secondary N) is 1. The molecular formula is C15H25NO4S. The molecule has 0 bridgehead atoms. The maximum atomic E-state index is 12.6. The Kier molecular flexibility index (Phi) is 5.55. The van der Waals surface area contributed by atoms with Crippen LogP contribution in [0, 0.1) is 27.7 Å². The van der Waals surface area contributed by atoms with E-state index in [4.69, 9.17) is 4.74 Å². The minimum absolute atomic E-state index is 0.0559. The molecule has 0 amide bonds. The summed E-state index contributed by atoms with van der Waals surface area (Å²) in [6, 6.07) is 1.98. The predicted octanol–water partition coefficient (Wildman–Crippen LogP) is 1.60. The number of methoxy groups -OCH3 is 1. The van der Waals surface area contributed by atoms with E-state index in [1.807, 2.05) is 19.9 Å². The van der Waals surface area contributed by atoms with E-state index < -0.39 is 15.6 Å². The highest BCUT2D eigenvalue weighted by molar-refractivity contribution is 7.89. The predicted molar refractivity (Wildman–Crippen MR) is 83.1 cm³/mol. The Morgan fingerprint density at radius 2 is 1.67 bits per heavy atom. The maximum absolute atomic E-state index is 12.6. The van der Waals surface area contributed by atoms with Crippen LogP contribution in [-0.4, -0.2) is 39.4 Å². The van der Waals surface area contributed by atoms with E-state index in [2.05, 4.69) is 4.72 Å². The Labute approximate surface area is 127 Å². The fourth-order valence-corrected chi connectivity index (χ4v) is 4.04. The summed E-state index contributed by atoms with van der Waals surface area (Å²) in [5.41, 5.74) is 2.08. The molecule has 0 aromatic heterocycles. The zero-order valence-corrected chi connectivity index (χ0v) is 14.4. The van der Waals surface area contributed by atoms with E-state index in [0.717, 1.165) is 22.3 Å². The van der Waals surface area contributed by atoms with Crippen molar-refractivity contribution in [3.05, 3.63) is 28.3 Å². The van der Waals surface area contributed by atoms with Crippen LogP contribution in [0.3, 0.4) is 0 Å². The molecule has 21 heavy (non-hydrogen) atoms. The minimum atomic E-state index is -3.68. The number of sulfonamides is 1. The fraction of sp³-hybridized carbons (Fsp3) is 0.600. The summed E-state index contributed by atoms with van der Waals surface area (Å²) in [7, 11) is -2.22. The molecule has 0 aliphatic carbocycles. The topological polar surface area (TPSA) is 75.6 Å². The third-order valence-electron chi connectivity index (χ3n) is 3.66. The molecule has 1 aromatic rings. The van der Waals surface area contributed by atoms with Crippen LogP contribution in [0.25, 0.3) is 0 Å². The van der Waals surface area contributed by atoms with Crippen molar-refractivity contribution in [1.82, 2.24) is 4.72 Å². The van der Waals surface area contributed by atoms with E-state index in [1.165, 1.54) is 14.0 Å². The van der Waals surface area contributed by atoms with Gasteiger partial charge in [0.2, 0.25) is 10.0 Å². The van der Waals surface area contributed by atoms with Gasteiger partial charge in [0.15, 0.2) is 0 Å². The molecule has 0 heterocycles. The van der Waals surface area contributed by atoms with Gasteiger partial charge in [-0.2, -0.15) is 0 Å². The van der Waals surface area contributed by atoms with Gasteiger partial charge in [0, 0.05) is 13.7 Å². The number of ether oxygens (including phenoxy) is 1. The highest BCUT2D eigenvalue weighted by Gasteiger charge is 2.27. The largest absolute Gasteiger partial charge is 0.386 e. The number of rotatable bonds is 6. The second-order valence-electron chi connectivity index (χ2n) is 5.84. The zero-order chi connectivity index (χ0) is 16.4. The standard InChI is InChI=1S/C15H25NO4S/c1-10-7-11(2)13(4)14(12(10)3)21(18,19)16-8-15(5,17)9-20-6/h7,16-17H,8-9H2,1-6H3. The normalized spacial score (nSPS) is 15.0. The van der Waals surface area contributed by atoms with Crippen LogP contribution in [0.4, 0.5) is 0 Å². The van der Waals surface area contributed by atoms with Gasteiger partial charge in [-0.05, 0) is 56.9 Å². The Morgan fingerprint density at radius 3 is 2.10 bits per heavy atom. The second kappa shape index (κ2) is 6.44. The highest BCUT2D eigenvalue weighted by atomic mass is 32.2. The molecule has 5 nitrogen and oxygen atoms in total. The first-order valence-corrected chi connectivity index (χ1v) is 8.28. The number of hydrogen-bond donors (Lipinski definition) is 2. The van der Waals surface area contributed by atoms with E-state index >= 15 is 0 Å². The Bertz CT molecular complexity index is 595. The molecule has 1 rings (SSSR count). The highest BCUT2D eigenvalue weighted by Crippen LogP contribution is 2.26. The van der Waals surface area contributed by atoms with Gasteiger partial charge in [0.25, 0.3) is 0 Å². The molecule has 6 heteroatoms. The summed E-state index contributed by atoms with van der Waals surface area (Å²) < 4.78 is 32.5. The molecule has 2 N–H and O–H groups in total. The first kappa shape index (κ1) is 18.1. The van der Waals surface area contributed by atoms with Gasteiger partial charge in [-0.1, -0.05) is 6.07 Å².